The average Bonchev–Trinajstić information content (AvgIpc) is 2.56. The second kappa shape index (κ2) is 6.10. The van der Waals surface area contributed by atoms with Gasteiger partial charge in [0.2, 0.25) is 5.78 Å². The Morgan fingerprint density at radius 2 is 2.05 bits per heavy atom. The van der Waals surface area contributed by atoms with Crippen LogP contribution in [0.25, 0.3) is 11.1 Å². The number of Topliss-reactive ketones (excluding diaryl/α,β-unsaturated/α-hetero) is 1. The van der Waals surface area contributed by atoms with Crippen molar-refractivity contribution in [2.75, 3.05) is 11.4 Å². The summed E-state index contributed by atoms with van der Waals surface area (Å²) in [6, 6.07) is 9.79. The molecule has 0 radical (unpaired) electrons. The number of carbonyl (C=O) groups excluding carboxylic acids is 2. The van der Waals surface area contributed by atoms with Crippen LogP contribution in [-0.4, -0.2) is 23.2 Å². The topological polar surface area (TPSA) is 50.3 Å². The van der Waals surface area contributed by atoms with Crippen molar-refractivity contribution in [2.45, 2.75) is 26.2 Å². The molecular formula is C18H18N2O2. The first-order chi connectivity index (χ1) is 10.7. The second-order valence-corrected chi connectivity index (χ2v) is 5.50. The van der Waals surface area contributed by atoms with Crippen LogP contribution in [0.3, 0.4) is 0 Å². The third kappa shape index (κ3) is 2.64. The molecule has 1 aromatic carbocycles. The van der Waals surface area contributed by atoms with Gasteiger partial charge in [0.25, 0.3) is 5.91 Å². The summed E-state index contributed by atoms with van der Waals surface area (Å²) in [7, 11) is 0. The summed E-state index contributed by atoms with van der Waals surface area (Å²) >= 11 is 0. The first kappa shape index (κ1) is 14.4. The number of nitrogens with zero attached hydrogens (tertiary/aromatic N) is 2. The number of aromatic nitrogens is 1. The van der Waals surface area contributed by atoms with Crippen LogP contribution in [0.4, 0.5) is 5.69 Å². The maximum absolute atomic E-state index is 12.1. The number of hydrogen-bond donors (Lipinski definition) is 0. The molecule has 0 atom stereocenters. The molecule has 1 aromatic heterocycles. The van der Waals surface area contributed by atoms with Gasteiger partial charge >= 0.3 is 0 Å². The van der Waals surface area contributed by atoms with Crippen molar-refractivity contribution in [3.8, 4) is 11.1 Å². The summed E-state index contributed by atoms with van der Waals surface area (Å²) in [6.45, 7) is 2.67. The zero-order chi connectivity index (χ0) is 15.5. The van der Waals surface area contributed by atoms with Crippen LogP contribution in [0.2, 0.25) is 0 Å². The van der Waals surface area contributed by atoms with Crippen molar-refractivity contribution in [1.82, 2.24) is 4.98 Å². The summed E-state index contributed by atoms with van der Waals surface area (Å²) in [5.41, 5.74) is 3.81. The van der Waals surface area contributed by atoms with Crippen LogP contribution in [0.5, 0.6) is 0 Å². The van der Waals surface area contributed by atoms with E-state index < -0.39 is 0 Å². The van der Waals surface area contributed by atoms with Gasteiger partial charge in [-0.15, -0.1) is 0 Å². The van der Waals surface area contributed by atoms with Gasteiger partial charge in [0.15, 0.2) is 0 Å². The predicted molar refractivity (Wildman–Crippen MR) is 85.6 cm³/mol. The maximum atomic E-state index is 12.1. The van der Waals surface area contributed by atoms with Crippen LogP contribution in [0.15, 0.2) is 42.7 Å². The number of hydrogen-bond acceptors (Lipinski definition) is 3. The number of ketones is 1. The van der Waals surface area contributed by atoms with E-state index in [9.17, 15) is 9.59 Å². The number of rotatable bonds is 4. The van der Waals surface area contributed by atoms with Gasteiger partial charge in [-0.25, -0.2) is 0 Å². The molecule has 0 saturated carbocycles. The van der Waals surface area contributed by atoms with Crippen LogP contribution in [0.1, 0.15) is 25.3 Å². The Morgan fingerprint density at radius 1 is 1.18 bits per heavy atom. The van der Waals surface area contributed by atoms with Gasteiger partial charge in [-0.1, -0.05) is 25.5 Å². The van der Waals surface area contributed by atoms with Crippen molar-refractivity contribution >= 4 is 17.4 Å². The third-order valence-electron chi connectivity index (χ3n) is 3.94. The summed E-state index contributed by atoms with van der Waals surface area (Å²) in [5.74, 6) is -0.706. The molecule has 0 saturated heterocycles. The van der Waals surface area contributed by atoms with Crippen molar-refractivity contribution in [3.05, 3.63) is 48.3 Å². The smallest absolute Gasteiger partial charge is 0.294 e. The highest BCUT2D eigenvalue weighted by Gasteiger charge is 2.30. The normalized spacial score (nSPS) is 14.1. The molecule has 1 aliphatic rings. The van der Waals surface area contributed by atoms with Gasteiger partial charge in [0.1, 0.15) is 0 Å². The highest BCUT2D eigenvalue weighted by Crippen LogP contribution is 2.31. The molecule has 22 heavy (non-hydrogen) atoms. The van der Waals surface area contributed by atoms with E-state index >= 15 is 0 Å². The van der Waals surface area contributed by atoms with Crippen molar-refractivity contribution in [1.29, 1.82) is 0 Å². The number of benzene rings is 1. The minimum absolute atomic E-state index is 0.185. The van der Waals surface area contributed by atoms with E-state index in [0.717, 1.165) is 35.2 Å². The van der Waals surface area contributed by atoms with Crippen LogP contribution < -0.4 is 4.90 Å². The SMILES string of the molecule is CCCCN1C(=O)C(=O)Cc2cc(-c3cccnc3)ccc21. The first-order valence-electron chi connectivity index (χ1n) is 7.58. The lowest BCUT2D eigenvalue weighted by molar-refractivity contribution is -0.136. The summed E-state index contributed by atoms with van der Waals surface area (Å²) in [5, 5.41) is 0. The standard InChI is InChI=1S/C18H18N2O2/c1-2-3-9-20-16-7-6-13(14-5-4-8-19-12-14)10-15(16)11-17(21)18(20)22/h4-8,10,12H,2-3,9,11H2,1H3. The van der Waals surface area contributed by atoms with Crippen LogP contribution >= 0.6 is 0 Å². The molecule has 0 aliphatic carbocycles. The number of amides is 1. The number of fused-ring (bicyclic) bond motifs is 1. The number of unbranched alkanes of at least 4 members (excludes halogenated alkanes) is 1. The average molecular weight is 294 g/mol. The van der Waals surface area contributed by atoms with Gasteiger partial charge in [-0.3, -0.25) is 14.6 Å². The summed E-state index contributed by atoms with van der Waals surface area (Å²) in [6.07, 6.45) is 5.59. The fourth-order valence-corrected chi connectivity index (χ4v) is 2.75. The number of pyridine rings is 1. The van der Waals surface area contributed by atoms with Gasteiger partial charge in [-0.2, -0.15) is 0 Å². The first-order valence-corrected chi connectivity index (χ1v) is 7.58. The summed E-state index contributed by atoms with van der Waals surface area (Å²) < 4.78 is 0. The van der Waals surface area contributed by atoms with E-state index in [1.807, 2.05) is 30.3 Å². The largest absolute Gasteiger partial charge is 0.306 e. The Balaban J connectivity index is 2.00. The van der Waals surface area contributed by atoms with Crippen LogP contribution in [0, 0.1) is 0 Å². The Bertz CT molecular complexity index is 710. The Labute approximate surface area is 129 Å². The molecule has 4 nitrogen and oxygen atoms in total. The van der Waals surface area contributed by atoms with Gasteiger partial charge < -0.3 is 4.90 Å². The van der Waals surface area contributed by atoms with E-state index in [1.165, 1.54) is 0 Å². The maximum Gasteiger partial charge on any atom is 0.294 e. The zero-order valence-corrected chi connectivity index (χ0v) is 12.6. The third-order valence-corrected chi connectivity index (χ3v) is 3.94. The lowest BCUT2D eigenvalue weighted by atomic mass is 9.95. The van der Waals surface area contributed by atoms with E-state index in [4.69, 9.17) is 0 Å². The molecule has 0 N–H and O–H groups in total. The quantitative estimate of drug-likeness (QED) is 0.814. The van der Waals surface area contributed by atoms with E-state index in [-0.39, 0.29) is 18.1 Å². The lowest BCUT2D eigenvalue weighted by Gasteiger charge is -2.28. The van der Waals surface area contributed by atoms with Crippen LogP contribution in [-0.2, 0) is 16.0 Å². The Morgan fingerprint density at radius 3 is 2.77 bits per heavy atom. The Hall–Kier alpha value is -2.49. The fraction of sp³-hybridized carbons (Fsp3) is 0.278. The van der Waals surface area contributed by atoms with Crippen molar-refractivity contribution < 1.29 is 9.59 Å². The predicted octanol–water partition coefficient (Wildman–Crippen LogP) is 3.01. The summed E-state index contributed by atoms with van der Waals surface area (Å²) in [4.78, 5) is 29.8. The molecule has 1 aliphatic heterocycles. The second-order valence-electron chi connectivity index (χ2n) is 5.50. The molecule has 0 spiro atoms. The minimum atomic E-state index is -0.380. The molecule has 2 aromatic rings. The molecule has 2 heterocycles. The van der Waals surface area contributed by atoms with Gasteiger partial charge in [-0.05, 0) is 41.3 Å². The van der Waals surface area contributed by atoms with Gasteiger partial charge in [0, 0.05) is 31.0 Å². The van der Waals surface area contributed by atoms with Crippen molar-refractivity contribution in [3.63, 3.8) is 0 Å². The monoisotopic (exact) mass is 294 g/mol. The molecule has 1 amide bonds. The molecule has 0 fully saturated rings. The van der Waals surface area contributed by atoms with E-state index in [1.54, 1.807) is 17.3 Å². The Kier molecular flexibility index (Phi) is 4.00. The zero-order valence-electron chi connectivity index (χ0n) is 12.6. The highest BCUT2D eigenvalue weighted by molar-refractivity contribution is 6.43. The number of anilines is 1. The minimum Gasteiger partial charge on any atom is -0.306 e. The number of carbonyl (C=O) groups is 2. The molecule has 0 bridgehead atoms. The molecule has 112 valence electrons. The molecule has 3 rings (SSSR count). The molecular weight excluding hydrogens is 276 g/mol. The fourth-order valence-electron chi connectivity index (χ4n) is 2.75. The molecule has 0 unspecified atom stereocenters. The van der Waals surface area contributed by atoms with E-state index in [0.29, 0.717) is 6.54 Å². The highest BCUT2D eigenvalue weighted by atomic mass is 16.2. The lowest BCUT2D eigenvalue weighted by Crippen LogP contribution is -2.42. The van der Waals surface area contributed by atoms with Crippen molar-refractivity contribution in [2.24, 2.45) is 0 Å². The van der Waals surface area contributed by atoms with E-state index in [2.05, 4.69) is 11.9 Å². The van der Waals surface area contributed by atoms with Gasteiger partial charge in [0.05, 0.1) is 0 Å². The molecule has 4 heteroatoms.